The molecule has 0 bridgehead atoms. The summed E-state index contributed by atoms with van der Waals surface area (Å²) in [4.78, 5) is 19.1. The lowest BCUT2D eigenvalue weighted by molar-refractivity contribution is -0.144. The number of benzene rings is 2. The maximum Gasteiger partial charge on any atom is 0.320 e. The van der Waals surface area contributed by atoms with Crippen molar-refractivity contribution >= 4 is 29.3 Å². The van der Waals surface area contributed by atoms with Gasteiger partial charge in [0.25, 0.3) is 0 Å². The lowest BCUT2D eigenvalue weighted by Gasteiger charge is -2.39. The molecule has 0 N–H and O–H groups in total. The van der Waals surface area contributed by atoms with Gasteiger partial charge in [-0.25, -0.2) is 0 Å². The number of carbonyl (C=O) groups is 1. The van der Waals surface area contributed by atoms with Gasteiger partial charge in [0, 0.05) is 47.0 Å². The third-order valence-corrected chi connectivity index (χ3v) is 6.89. The molecular weight excluding hydrogens is 392 g/mol. The van der Waals surface area contributed by atoms with Crippen LogP contribution in [-0.4, -0.2) is 55.1 Å². The van der Waals surface area contributed by atoms with E-state index in [2.05, 4.69) is 46.2 Å². The lowest BCUT2D eigenvalue weighted by atomic mass is 9.96. The van der Waals surface area contributed by atoms with Gasteiger partial charge in [0.05, 0.1) is 13.2 Å². The predicted octanol–water partition coefficient (Wildman–Crippen LogP) is 4.27. The Morgan fingerprint density at radius 2 is 1.93 bits per heavy atom. The van der Waals surface area contributed by atoms with Crippen molar-refractivity contribution in [3.8, 4) is 0 Å². The first-order valence-electron chi connectivity index (χ1n) is 9.81. The fourth-order valence-electron chi connectivity index (χ4n) is 4.03. The number of ether oxygens (including phenoxy) is 1. The summed E-state index contributed by atoms with van der Waals surface area (Å²) in [6.07, 6.45) is 0.981. The van der Waals surface area contributed by atoms with Crippen LogP contribution in [-0.2, 0) is 16.0 Å². The number of esters is 1. The van der Waals surface area contributed by atoms with Gasteiger partial charge in [0.15, 0.2) is 0 Å². The zero-order chi connectivity index (χ0) is 19.5. The second kappa shape index (κ2) is 8.87. The van der Waals surface area contributed by atoms with E-state index < -0.39 is 0 Å². The van der Waals surface area contributed by atoms with Crippen LogP contribution in [0.3, 0.4) is 0 Å². The molecule has 2 heterocycles. The zero-order valence-corrected chi connectivity index (χ0v) is 17.6. The normalized spacial score (nSPS) is 20.1. The van der Waals surface area contributed by atoms with Crippen molar-refractivity contribution in [3.63, 3.8) is 0 Å². The largest absolute Gasteiger partial charge is 0.465 e. The van der Waals surface area contributed by atoms with E-state index >= 15 is 0 Å². The van der Waals surface area contributed by atoms with Crippen molar-refractivity contribution in [2.24, 2.45) is 0 Å². The number of fused-ring (bicyclic) bond motifs is 2. The maximum atomic E-state index is 11.8. The van der Waals surface area contributed by atoms with E-state index in [9.17, 15) is 4.79 Å². The molecule has 4 nitrogen and oxygen atoms in total. The molecule has 2 aliphatic rings. The number of carbonyl (C=O) groups excluding carboxylic acids is 1. The number of hydrogen-bond acceptors (Lipinski definition) is 5. The Bertz CT molecular complexity index is 852. The number of piperazine rings is 1. The van der Waals surface area contributed by atoms with Crippen LogP contribution in [0.25, 0.3) is 0 Å². The molecule has 2 aliphatic heterocycles. The highest BCUT2D eigenvalue weighted by molar-refractivity contribution is 7.99. The minimum Gasteiger partial charge on any atom is -0.465 e. The summed E-state index contributed by atoms with van der Waals surface area (Å²) in [7, 11) is 0. The van der Waals surface area contributed by atoms with Crippen LogP contribution in [0, 0.1) is 0 Å². The molecular formula is C22H25ClN2O2S. The number of rotatable bonds is 4. The van der Waals surface area contributed by atoms with E-state index in [1.807, 2.05) is 24.8 Å². The molecule has 148 valence electrons. The van der Waals surface area contributed by atoms with Crippen molar-refractivity contribution in [1.82, 2.24) is 9.80 Å². The van der Waals surface area contributed by atoms with Gasteiger partial charge in [0.1, 0.15) is 0 Å². The fraction of sp³-hybridized carbons (Fsp3) is 0.409. The summed E-state index contributed by atoms with van der Waals surface area (Å²) in [6.45, 7) is 6.29. The first-order chi connectivity index (χ1) is 13.6. The Morgan fingerprint density at radius 1 is 1.14 bits per heavy atom. The Morgan fingerprint density at radius 3 is 2.71 bits per heavy atom. The minimum atomic E-state index is -0.132. The van der Waals surface area contributed by atoms with Gasteiger partial charge in [-0.05, 0) is 48.7 Å². The van der Waals surface area contributed by atoms with Crippen molar-refractivity contribution in [1.29, 1.82) is 0 Å². The van der Waals surface area contributed by atoms with Gasteiger partial charge >= 0.3 is 5.97 Å². The second-order valence-corrected chi connectivity index (χ2v) is 8.75. The van der Waals surface area contributed by atoms with Gasteiger partial charge in [-0.15, -0.1) is 0 Å². The van der Waals surface area contributed by atoms with Crippen molar-refractivity contribution in [3.05, 3.63) is 58.6 Å². The average Bonchev–Trinajstić information content (AvgIpc) is 2.85. The standard InChI is InChI=1S/C22H25ClN2O2S/c1-2-27-22(26)15-24-9-11-25(12-10-24)19-13-16-5-3-4-6-20(16)28-21-8-7-17(23)14-18(19)21/h3-8,14,19H,2,9-13,15H2,1H3. The molecule has 0 amide bonds. The molecule has 0 spiro atoms. The van der Waals surface area contributed by atoms with E-state index in [-0.39, 0.29) is 5.97 Å². The summed E-state index contributed by atoms with van der Waals surface area (Å²) in [5.74, 6) is -0.132. The average molecular weight is 417 g/mol. The number of nitrogens with zero attached hydrogens (tertiary/aromatic N) is 2. The van der Waals surface area contributed by atoms with Gasteiger partial charge in [0.2, 0.25) is 0 Å². The van der Waals surface area contributed by atoms with Crippen molar-refractivity contribution < 1.29 is 9.53 Å². The summed E-state index contributed by atoms with van der Waals surface area (Å²) in [6, 6.07) is 15.2. The Balaban J connectivity index is 1.54. The van der Waals surface area contributed by atoms with Gasteiger partial charge in [-0.2, -0.15) is 0 Å². The highest BCUT2D eigenvalue weighted by Crippen LogP contribution is 2.43. The first kappa shape index (κ1) is 19.8. The van der Waals surface area contributed by atoms with E-state index in [0.29, 0.717) is 19.2 Å². The van der Waals surface area contributed by atoms with E-state index in [0.717, 1.165) is 37.6 Å². The van der Waals surface area contributed by atoms with Crippen LogP contribution in [0.2, 0.25) is 5.02 Å². The summed E-state index contributed by atoms with van der Waals surface area (Å²) in [5, 5.41) is 0.788. The molecule has 1 fully saturated rings. The number of halogens is 1. The van der Waals surface area contributed by atoms with E-state index in [1.54, 1.807) is 0 Å². The fourth-order valence-corrected chi connectivity index (χ4v) is 5.32. The molecule has 1 atom stereocenters. The molecule has 0 radical (unpaired) electrons. The van der Waals surface area contributed by atoms with Gasteiger partial charge in [-0.3, -0.25) is 14.6 Å². The summed E-state index contributed by atoms with van der Waals surface area (Å²) < 4.78 is 5.09. The molecule has 0 saturated carbocycles. The maximum absolute atomic E-state index is 11.8. The molecule has 2 aromatic carbocycles. The Labute approximate surface area is 175 Å². The Hall–Kier alpha value is -1.53. The molecule has 28 heavy (non-hydrogen) atoms. The van der Waals surface area contributed by atoms with Crippen LogP contribution in [0.4, 0.5) is 0 Å². The quantitative estimate of drug-likeness (QED) is 0.695. The molecule has 0 aliphatic carbocycles. The minimum absolute atomic E-state index is 0.132. The van der Waals surface area contributed by atoms with Crippen LogP contribution in [0.15, 0.2) is 52.3 Å². The van der Waals surface area contributed by atoms with Gasteiger partial charge in [-0.1, -0.05) is 41.6 Å². The SMILES string of the molecule is CCOC(=O)CN1CCN(C2Cc3ccccc3Sc3ccc(Cl)cc32)CC1. The summed E-state index contributed by atoms with van der Waals surface area (Å²) in [5.41, 5.74) is 2.70. The topological polar surface area (TPSA) is 32.8 Å². The lowest BCUT2D eigenvalue weighted by Crippen LogP contribution is -2.49. The van der Waals surface area contributed by atoms with Crippen LogP contribution in [0.1, 0.15) is 24.1 Å². The van der Waals surface area contributed by atoms with Crippen LogP contribution < -0.4 is 0 Å². The van der Waals surface area contributed by atoms with Crippen molar-refractivity contribution in [2.75, 3.05) is 39.3 Å². The van der Waals surface area contributed by atoms with E-state index in [4.69, 9.17) is 16.3 Å². The molecule has 4 rings (SSSR count). The van der Waals surface area contributed by atoms with Gasteiger partial charge < -0.3 is 4.74 Å². The molecule has 2 aromatic rings. The number of hydrogen-bond donors (Lipinski definition) is 0. The first-order valence-corrected chi connectivity index (χ1v) is 11.0. The molecule has 0 aromatic heterocycles. The van der Waals surface area contributed by atoms with Crippen LogP contribution in [0.5, 0.6) is 0 Å². The van der Waals surface area contributed by atoms with E-state index in [1.165, 1.54) is 20.9 Å². The molecule has 1 saturated heterocycles. The van der Waals surface area contributed by atoms with Crippen LogP contribution >= 0.6 is 23.4 Å². The predicted molar refractivity (Wildman–Crippen MR) is 113 cm³/mol. The third kappa shape index (κ3) is 4.38. The summed E-state index contributed by atoms with van der Waals surface area (Å²) >= 11 is 8.21. The highest BCUT2D eigenvalue weighted by Gasteiger charge is 2.30. The second-order valence-electron chi connectivity index (χ2n) is 7.23. The third-order valence-electron chi connectivity index (χ3n) is 5.44. The highest BCUT2D eigenvalue weighted by atomic mass is 35.5. The smallest absolute Gasteiger partial charge is 0.320 e. The monoisotopic (exact) mass is 416 g/mol. The van der Waals surface area contributed by atoms with Crippen molar-refractivity contribution in [2.45, 2.75) is 29.2 Å². The Kier molecular flexibility index (Phi) is 6.26. The molecule has 1 unspecified atom stereocenters. The zero-order valence-electron chi connectivity index (χ0n) is 16.1. The molecule has 6 heteroatoms.